The molecule has 3 nitrogen and oxygen atoms in total. The van der Waals surface area contributed by atoms with Gasteiger partial charge in [0.1, 0.15) is 19.0 Å². The average Bonchev–Trinajstić information content (AvgIpc) is 2.90. The molecule has 1 N–H and O–H groups in total. The van der Waals surface area contributed by atoms with E-state index in [0.717, 1.165) is 29.5 Å². The lowest BCUT2D eigenvalue weighted by atomic mass is 9.48. The first-order chi connectivity index (χ1) is 18.3. The van der Waals surface area contributed by atoms with Crippen LogP contribution in [0.3, 0.4) is 0 Å². The molecule has 5 rings (SSSR count). The van der Waals surface area contributed by atoms with Crippen molar-refractivity contribution in [3.63, 3.8) is 0 Å². The predicted octanol–water partition coefficient (Wildman–Crippen LogP) is 8.89. The molecule has 0 amide bonds. The molecule has 38 heavy (non-hydrogen) atoms. The number of hydrogen-bond acceptors (Lipinski definition) is 3. The van der Waals surface area contributed by atoms with Gasteiger partial charge in [0.2, 0.25) is 0 Å². The van der Waals surface area contributed by atoms with Crippen LogP contribution in [-0.2, 0) is 19.6 Å². The maximum atomic E-state index is 11.2. The summed E-state index contributed by atoms with van der Waals surface area (Å²) in [7, 11) is 0. The van der Waals surface area contributed by atoms with Crippen LogP contribution in [0.5, 0.6) is 17.2 Å². The molecule has 0 saturated heterocycles. The number of hydrogen-bond donors (Lipinski definition) is 1. The summed E-state index contributed by atoms with van der Waals surface area (Å²) in [5, 5.41) is 11.2. The topological polar surface area (TPSA) is 38.7 Å². The number of fused-ring (bicyclic) bond motifs is 1. The number of rotatable bonds is 8. The van der Waals surface area contributed by atoms with Crippen LogP contribution in [0.15, 0.2) is 84.4 Å². The van der Waals surface area contributed by atoms with Crippen molar-refractivity contribution in [2.24, 2.45) is 22.7 Å². The van der Waals surface area contributed by atoms with Crippen LogP contribution in [0, 0.1) is 22.7 Å². The van der Waals surface area contributed by atoms with Crippen molar-refractivity contribution < 1.29 is 14.6 Å². The Hall–Kier alpha value is -3.20. The van der Waals surface area contributed by atoms with Crippen LogP contribution >= 0.6 is 0 Å². The summed E-state index contributed by atoms with van der Waals surface area (Å²) >= 11 is 0. The fourth-order valence-electron chi connectivity index (χ4n) is 7.20. The van der Waals surface area contributed by atoms with Crippen LogP contribution in [0.2, 0.25) is 0 Å². The highest BCUT2D eigenvalue weighted by molar-refractivity contribution is 5.51. The van der Waals surface area contributed by atoms with E-state index in [9.17, 15) is 5.11 Å². The van der Waals surface area contributed by atoms with Crippen LogP contribution in [0.25, 0.3) is 0 Å². The number of phenolic OH excluding ortho intramolecular Hbond substituents is 1. The Kier molecular flexibility index (Phi) is 7.56. The van der Waals surface area contributed by atoms with E-state index in [1.165, 1.54) is 24.8 Å². The van der Waals surface area contributed by atoms with Crippen molar-refractivity contribution in [1.29, 1.82) is 0 Å². The Balaban J connectivity index is 1.44. The SMILES string of the molecule is CC1=CCC2C(C)(C)CCC[C@]2(C)[C@H]1Cc1cc(OCc2ccccc2)c(OCc2ccccc2)cc1O. The van der Waals surface area contributed by atoms with Gasteiger partial charge in [-0.2, -0.15) is 0 Å². The van der Waals surface area contributed by atoms with Gasteiger partial charge in [0.15, 0.2) is 11.5 Å². The largest absolute Gasteiger partial charge is 0.508 e. The molecule has 1 fully saturated rings. The molecule has 0 spiro atoms. The quantitative estimate of drug-likeness (QED) is 0.308. The zero-order chi connectivity index (χ0) is 26.8. The molecule has 0 aromatic heterocycles. The van der Waals surface area contributed by atoms with Gasteiger partial charge in [0, 0.05) is 6.07 Å². The summed E-state index contributed by atoms with van der Waals surface area (Å²) in [6.45, 7) is 10.6. The van der Waals surface area contributed by atoms with Crippen molar-refractivity contribution in [2.45, 2.75) is 73.0 Å². The molecule has 1 unspecified atom stereocenters. The molecule has 0 bridgehead atoms. The minimum Gasteiger partial charge on any atom is -0.508 e. The lowest BCUT2D eigenvalue weighted by molar-refractivity contribution is -0.0369. The maximum Gasteiger partial charge on any atom is 0.165 e. The van der Waals surface area contributed by atoms with Gasteiger partial charge in [-0.3, -0.25) is 0 Å². The number of phenols is 1. The van der Waals surface area contributed by atoms with Crippen LogP contribution in [0.4, 0.5) is 0 Å². The van der Waals surface area contributed by atoms with Gasteiger partial charge in [-0.05, 0) is 78.0 Å². The predicted molar refractivity (Wildman–Crippen MR) is 154 cm³/mol. The third kappa shape index (κ3) is 5.48. The first-order valence-corrected chi connectivity index (χ1v) is 14.1. The van der Waals surface area contributed by atoms with Crippen molar-refractivity contribution in [2.75, 3.05) is 0 Å². The average molecular weight is 511 g/mol. The summed E-state index contributed by atoms with van der Waals surface area (Å²) in [4.78, 5) is 0. The molecule has 1 saturated carbocycles. The number of allylic oxidation sites excluding steroid dienone is 2. The second-order valence-corrected chi connectivity index (χ2v) is 12.3. The summed E-state index contributed by atoms with van der Waals surface area (Å²) in [5.74, 6) is 2.59. The van der Waals surface area contributed by atoms with Gasteiger partial charge in [-0.1, -0.05) is 99.5 Å². The Morgan fingerprint density at radius 3 is 2.00 bits per heavy atom. The normalized spacial score (nSPS) is 24.3. The molecule has 0 aliphatic heterocycles. The van der Waals surface area contributed by atoms with E-state index in [0.29, 0.717) is 42.0 Å². The van der Waals surface area contributed by atoms with Gasteiger partial charge in [-0.15, -0.1) is 0 Å². The summed E-state index contributed by atoms with van der Waals surface area (Å²) in [6.07, 6.45) is 8.24. The van der Waals surface area contributed by atoms with Crippen molar-refractivity contribution >= 4 is 0 Å². The molecule has 2 aliphatic rings. The second kappa shape index (κ2) is 10.9. The van der Waals surface area contributed by atoms with E-state index < -0.39 is 0 Å². The number of aromatic hydroxyl groups is 1. The molecule has 3 atom stereocenters. The van der Waals surface area contributed by atoms with E-state index in [1.54, 1.807) is 6.07 Å². The monoisotopic (exact) mass is 510 g/mol. The standard InChI is InChI=1S/C35H42O3/c1-25-16-17-33-34(2,3)18-11-19-35(33,4)29(25)20-28-21-31(37-23-26-12-7-5-8-13-26)32(22-30(28)36)38-24-27-14-9-6-10-15-27/h5-10,12-16,21-22,29,33,36H,11,17-20,23-24H2,1-4H3/t29-,33?,35+/m0/s1. The fraction of sp³-hybridized carbons (Fsp3) is 0.429. The van der Waals surface area contributed by atoms with Gasteiger partial charge in [0.05, 0.1) is 0 Å². The molecule has 200 valence electrons. The number of benzene rings is 3. The highest BCUT2D eigenvalue weighted by Crippen LogP contribution is 2.60. The Morgan fingerprint density at radius 1 is 0.816 bits per heavy atom. The molecule has 3 aromatic rings. The number of ether oxygens (including phenoxy) is 2. The smallest absolute Gasteiger partial charge is 0.165 e. The summed E-state index contributed by atoms with van der Waals surface area (Å²) < 4.78 is 12.5. The molecule has 3 aromatic carbocycles. The molecule has 0 radical (unpaired) electrons. The van der Waals surface area contributed by atoms with E-state index in [1.807, 2.05) is 54.6 Å². The second-order valence-electron chi connectivity index (χ2n) is 12.3. The third-order valence-corrected chi connectivity index (χ3v) is 9.34. The molecule has 0 heterocycles. The minimum absolute atomic E-state index is 0.223. The lowest BCUT2D eigenvalue weighted by Crippen LogP contribution is -2.49. The minimum atomic E-state index is 0.223. The van der Waals surface area contributed by atoms with E-state index in [-0.39, 0.29) is 11.2 Å². The van der Waals surface area contributed by atoms with Crippen LogP contribution < -0.4 is 9.47 Å². The fourth-order valence-corrected chi connectivity index (χ4v) is 7.20. The Morgan fingerprint density at radius 2 is 1.39 bits per heavy atom. The maximum absolute atomic E-state index is 11.2. The van der Waals surface area contributed by atoms with Crippen LogP contribution in [-0.4, -0.2) is 5.11 Å². The summed E-state index contributed by atoms with van der Waals surface area (Å²) in [5.41, 5.74) is 5.12. The highest BCUT2D eigenvalue weighted by atomic mass is 16.5. The molecular weight excluding hydrogens is 468 g/mol. The van der Waals surface area contributed by atoms with Crippen LogP contribution in [0.1, 0.15) is 70.1 Å². The molecule has 2 aliphatic carbocycles. The third-order valence-electron chi connectivity index (χ3n) is 9.34. The van der Waals surface area contributed by atoms with Crippen molar-refractivity contribution in [3.05, 3.63) is 101 Å². The summed E-state index contributed by atoms with van der Waals surface area (Å²) in [6, 6.07) is 24.1. The van der Waals surface area contributed by atoms with E-state index in [4.69, 9.17) is 9.47 Å². The van der Waals surface area contributed by atoms with E-state index in [2.05, 4.69) is 45.9 Å². The Bertz CT molecular complexity index is 1260. The van der Waals surface area contributed by atoms with Gasteiger partial charge < -0.3 is 14.6 Å². The Labute approximate surface area is 228 Å². The molecule has 3 heteroatoms. The zero-order valence-electron chi connectivity index (χ0n) is 23.4. The molecular formula is C35H42O3. The highest BCUT2D eigenvalue weighted by Gasteiger charge is 2.51. The van der Waals surface area contributed by atoms with Crippen molar-refractivity contribution in [1.82, 2.24) is 0 Å². The van der Waals surface area contributed by atoms with Gasteiger partial charge in [-0.25, -0.2) is 0 Å². The van der Waals surface area contributed by atoms with Crippen molar-refractivity contribution in [3.8, 4) is 17.2 Å². The lowest BCUT2D eigenvalue weighted by Gasteiger charge is -2.57. The van der Waals surface area contributed by atoms with E-state index >= 15 is 0 Å². The first kappa shape index (κ1) is 26.4. The zero-order valence-corrected chi connectivity index (χ0v) is 23.4. The first-order valence-electron chi connectivity index (χ1n) is 14.1. The van der Waals surface area contributed by atoms with Gasteiger partial charge in [0.25, 0.3) is 0 Å². The van der Waals surface area contributed by atoms with Gasteiger partial charge >= 0.3 is 0 Å².